The first-order valence-electron chi connectivity index (χ1n) is 7.40. The summed E-state index contributed by atoms with van der Waals surface area (Å²) in [7, 11) is 1.81. The molecule has 0 bridgehead atoms. The van der Waals surface area contributed by atoms with Gasteiger partial charge in [-0.1, -0.05) is 18.2 Å². The Labute approximate surface area is 133 Å². The number of amides is 2. The highest BCUT2D eigenvalue weighted by Crippen LogP contribution is 2.14. The zero-order chi connectivity index (χ0) is 16.2. The number of aromatic amines is 1. The Hall–Kier alpha value is -3.02. The predicted octanol–water partition coefficient (Wildman–Crippen LogP) is 1.67. The van der Waals surface area contributed by atoms with Crippen molar-refractivity contribution >= 4 is 22.7 Å². The van der Waals surface area contributed by atoms with Crippen molar-refractivity contribution in [2.45, 2.75) is 0 Å². The van der Waals surface area contributed by atoms with E-state index in [2.05, 4.69) is 15.6 Å². The molecule has 0 saturated carbocycles. The van der Waals surface area contributed by atoms with Gasteiger partial charge in [0.05, 0.1) is 0 Å². The van der Waals surface area contributed by atoms with Gasteiger partial charge >= 0.3 is 0 Å². The first-order chi connectivity index (χ1) is 11.1. The van der Waals surface area contributed by atoms with Gasteiger partial charge in [-0.05, 0) is 24.3 Å². The number of benzene rings is 1. The Morgan fingerprint density at radius 1 is 1.04 bits per heavy atom. The molecule has 3 rings (SSSR count). The zero-order valence-electron chi connectivity index (χ0n) is 12.8. The molecular weight excluding hydrogens is 292 g/mol. The molecule has 0 unspecified atom stereocenters. The number of para-hydroxylation sites is 1. The van der Waals surface area contributed by atoms with Gasteiger partial charge in [0.25, 0.3) is 11.8 Å². The molecule has 23 heavy (non-hydrogen) atoms. The maximum atomic E-state index is 12.1. The summed E-state index contributed by atoms with van der Waals surface area (Å²) < 4.78 is 1.75. The fourth-order valence-corrected chi connectivity index (χ4v) is 2.43. The van der Waals surface area contributed by atoms with Crippen LogP contribution < -0.4 is 10.6 Å². The van der Waals surface area contributed by atoms with E-state index in [9.17, 15) is 9.59 Å². The van der Waals surface area contributed by atoms with E-state index in [0.717, 1.165) is 10.9 Å². The molecule has 0 aliphatic rings. The normalized spacial score (nSPS) is 10.7. The van der Waals surface area contributed by atoms with Crippen molar-refractivity contribution in [2.24, 2.45) is 7.05 Å². The smallest absolute Gasteiger partial charge is 0.267 e. The van der Waals surface area contributed by atoms with E-state index in [-0.39, 0.29) is 11.8 Å². The second kappa shape index (κ2) is 6.39. The molecule has 0 aliphatic heterocycles. The number of rotatable bonds is 5. The van der Waals surface area contributed by atoms with Crippen molar-refractivity contribution in [3.8, 4) is 0 Å². The number of aryl methyl sites for hydroxylation is 1. The van der Waals surface area contributed by atoms with E-state index >= 15 is 0 Å². The average molecular weight is 310 g/mol. The van der Waals surface area contributed by atoms with Crippen LogP contribution in [0.1, 0.15) is 21.0 Å². The van der Waals surface area contributed by atoms with Crippen LogP contribution in [0.25, 0.3) is 10.9 Å². The third kappa shape index (κ3) is 3.26. The predicted molar refractivity (Wildman–Crippen MR) is 88.4 cm³/mol. The summed E-state index contributed by atoms with van der Waals surface area (Å²) >= 11 is 0. The summed E-state index contributed by atoms with van der Waals surface area (Å²) in [4.78, 5) is 27.1. The molecule has 3 aromatic rings. The highest BCUT2D eigenvalue weighted by atomic mass is 16.2. The van der Waals surface area contributed by atoms with Crippen LogP contribution >= 0.6 is 0 Å². The van der Waals surface area contributed by atoms with E-state index in [1.54, 1.807) is 10.6 Å². The molecule has 0 fully saturated rings. The van der Waals surface area contributed by atoms with Crippen LogP contribution in [0.15, 0.2) is 48.7 Å². The lowest BCUT2D eigenvalue weighted by Gasteiger charge is -2.07. The summed E-state index contributed by atoms with van der Waals surface area (Å²) in [5, 5.41) is 6.55. The number of fused-ring (bicyclic) bond motifs is 1. The van der Waals surface area contributed by atoms with Crippen LogP contribution in [0.2, 0.25) is 0 Å². The molecule has 2 amide bonds. The lowest BCUT2D eigenvalue weighted by atomic mass is 10.2. The van der Waals surface area contributed by atoms with Gasteiger partial charge in [0, 0.05) is 37.2 Å². The van der Waals surface area contributed by atoms with Crippen LogP contribution in [0.3, 0.4) is 0 Å². The lowest BCUT2D eigenvalue weighted by molar-refractivity contribution is 0.0921. The molecule has 0 aliphatic carbocycles. The number of aromatic nitrogens is 2. The molecule has 2 heterocycles. The molecule has 118 valence electrons. The van der Waals surface area contributed by atoms with Crippen LogP contribution in [0.4, 0.5) is 0 Å². The monoisotopic (exact) mass is 310 g/mol. The molecule has 0 saturated heterocycles. The Balaban J connectivity index is 1.49. The van der Waals surface area contributed by atoms with E-state index in [1.807, 2.05) is 49.6 Å². The Morgan fingerprint density at radius 3 is 2.48 bits per heavy atom. The summed E-state index contributed by atoms with van der Waals surface area (Å²) in [6.45, 7) is 0.736. The number of H-pyrrole nitrogens is 1. The molecule has 0 radical (unpaired) electrons. The number of carbonyl (C=O) groups is 2. The van der Waals surface area contributed by atoms with E-state index < -0.39 is 0 Å². The highest BCUT2D eigenvalue weighted by molar-refractivity contribution is 5.98. The van der Waals surface area contributed by atoms with Gasteiger partial charge in [-0.3, -0.25) is 9.59 Å². The van der Waals surface area contributed by atoms with Crippen molar-refractivity contribution in [1.82, 2.24) is 20.2 Å². The average Bonchev–Trinajstić information content (AvgIpc) is 3.17. The quantitative estimate of drug-likeness (QED) is 0.627. The molecule has 1 aromatic carbocycles. The van der Waals surface area contributed by atoms with Crippen LogP contribution in [0, 0.1) is 0 Å². The van der Waals surface area contributed by atoms with Gasteiger partial charge < -0.3 is 20.2 Å². The molecule has 0 atom stereocenters. The van der Waals surface area contributed by atoms with Gasteiger partial charge in [0.2, 0.25) is 0 Å². The maximum absolute atomic E-state index is 12.1. The minimum atomic E-state index is -0.186. The Kier molecular flexibility index (Phi) is 4.14. The van der Waals surface area contributed by atoms with Crippen molar-refractivity contribution in [2.75, 3.05) is 13.1 Å². The van der Waals surface area contributed by atoms with Crippen molar-refractivity contribution in [1.29, 1.82) is 0 Å². The molecule has 3 N–H and O–H groups in total. The Bertz CT molecular complexity index is 814. The number of hydrogen-bond donors (Lipinski definition) is 3. The molecule has 0 spiro atoms. The third-order valence-corrected chi connectivity index (χ3v) is 3.65. The topological polar surface area (TPSA) is 78.9 Å². The first-order valence-corrected chi connectivity index (χ1v) is 7.40. The second-order valence-corrected chi connectivity index (χ2v) is 5.29. The van der Waals surface area contributed by atoms with Crippen molar-refractivity contribution in [3.05, 3.63) is 60.0 Å². The van der Waals surface area contributed by atoms with Gasteiger partial charge in [-0.15, -0.1) is 0 Å². The SMILES string of the molecule is Cn1cccc1C(=O)NCCNC(=O)c1cc2ccccc2[nH]1. The van der Waals surface area contributed by atoms with Crippen LogP contribution in [0.5, 0.6) is 0 Å². The maximum Gasteiger partial charge on any atom is 0.267 e. The van der Waals surface area contributed by atoms with Crippen LogP contribution in [-0.2, 0) is 7.05 Å². The number of nitrogens with zero attached hydrogens (tertiary/aromatic N) is 1. The van der Waals surface area contributed by atoms with E-state index in [0.29, 0.717) is 24.5 Å². The van der Waals surface area contributed by atoms with Crippen LogP contribution in [-0.4, -0.2) is 34.5 Å². The Morgan fingerprint density at radius 2 is 1.78 bits per heavy atom. The van der Waals surface area contributed by atoms with Gasteiger partial charge in [-0.25, -0.2) is 0 Å². The lowest BCUT2D eigenvalue weighted by Crippen LogP contribution is -2.35. The summed E-state index contributed by atoms with van der Waals surface area (Å²) in [5.74, 6) is -0.341. The molecule has 2 aromatic heterocycles. The fraction of sp³-hybridized carbons (Fsp3) is 0.176. The number of hydrogen-bond acceptors (Lipinski definition) is 2. The van der Waals surface area contributed by atoms with Crippen molar-refractivity contribution in [3.63, 3.8) is 0 Å². The fourth-order valence-electron chi connectivity index (χ4n) is 2.43. The second-order valence-electron chi connectivity index (χ2n) is 5.29. The van der Waals surface area contributed by atoms with E-state index in [4.69, 9.17) is 0 Å². The van der Waals surface area contributed by atoms with Gasteiger partial charge in [0.1, 0.15) is 11.4 Å². The van der Waals surface area contributed by atoms with Crippen molar-refractivity contribution < 1.29 is 9.59 Å². The summed E-state index contributed by atoms with van der Waals surface area (Å²) in [5.41, 5.74) is 2.03. The summed E-state index contributed by atoms with van der Waals surface area (Å²) in [6.07, 6.45) is 1.81. The highest BCUT2D eigenvalue weighted by Gasteiger charge is 2.10. The van der Waals surface area contributed by atoms with Gasteiger partial charge in [0.15, 0.2) is 0 Å². The molecule has 6 nitrogen and oxygen atoms in total. The zero-order valence-corrected chi connectivity index (χ0v) is 12.8. The first kappa shape index (κ1) is 14.9. The third-order valence-electron chi connectivity index (χ3n) is 3.65. The van der Waals surface area contributed by atoms with E-state index in [1.165, 1.54) is 0 Å². The molecular formula is C17H18N4O2. The van der Waals surface area contributed by atoms with Gasteiger partial charge in [-0.2, -0.15) is 0 Å². The summed E-state index contributed by atoms with van der Waals surface area (Å²) in [6, 6.07) is 13.1. The number of nitrogens with one attached hydrogen (secondary N) is 3. The molecule has 6 heteroatoms. The minimum absolute atomic E-state index is 0.155. The minimum Gasteiger partial charge on any atom is -0.351 e. The largest absolute Gasteiger partial charge is 0.351 e. The standard InChI is InChI=1S/C17H18N4O2/c1-21-10-4-7-15(21)17(23)19-9-8-18-16(22)14-11-12-5-2-3-6-13(12)20-14/h2-7,10-11,20H,8-9H2,1H3,(H,18,22)(H,19,23). The number of carbonyl (C=O) groups excluding carboxylic acids is 2.